The number of nitrogens with one attached hydrogen (secondary N) is 1. The van der Waals surface area contributed by atoms with Crippen molar-refractivity contribution in [3.05, 3.63) is 35.7 Å². The quantitative estimate of drug-likeness (QED) is 0.894. The molecule has 2 N–H and O–H groups in total. The Bertz CT molecular complexity index is 720. The molecule has 0 aliphatic carbocycles. The molecule has 0 atom stereocenters. The van der Waals surface area contributed by atoms with E-state index in [0.29, 0.717) is 17.1 Å². The van der Waals surface area contributed by atoms with Crippen LogP contribution >= 0.6 is 0 Å². The summed E-state index contributed by atoms with van der Waals surface area (Å²) in [5.74, 6) is -0.000157. The fourth-order valence-electron chi connectivity index (χ4n) is 1.92. The van der Waals surface area contributed by atoms with Crippen LogP contribution in [0.2, 0.25) is 0 Å². The normalized spacial score (nSPS) is 11.5. The summed E-state index contributed by atoms with van der Waals surface area (Å²) in [6.07, 6.45) is 0. The zero-order valence-corrected chi connectivity index (χ0v) is 11.7. The number of aryl methyl sites for hydroxylation is 2. The van der Waals surface area contributed by atoms with Gasteiger partial charge in [-0.05, 0) is 26.0 Å². The lowest BCUT2D eigenvalue weighted by molar-refractivity contribution is 0.475. The van der Waals surface area contributed by atoms with Crippen LogP contribution in [0.4, 0.5) is 5.69 Å². The Hall–Kier alpha value is -2.02. The lowest BCUT2D eigenvalue weighted by Crippen LogP contribution is -2.14. The molecule has 0 amide bonds. The van der Waals surface area contributed by atoms with Gasteiger partial charge in [0.2, 0.25) is 0 Å². The largest absolute Gasteiger partial charge is 0.508 e. The molecule has 1 heterocycles. The van der Waals surface area contributed by atoms with Crippen molar-refractivity contribution in [1.82, 2.24) is 9.78 Å². The van der Waals surface area contributed by atoms with E-state index in [9.17, 15) is 13.5 Å². The van der Waals surface area contributed by atoms with Crippen molar-refractivity contribution in [1.29, 1.82) is 0 Å². The second-order valence-corrected chi connectivity index (χ2v) is 5.90. The van der Waals surface area contributed by atoms with E-state index in [1.54, 1.807) is 33.0 Å². The Morgan fingerprint density at radius 3 is 2.53 bits per heavy atom. The number of aromatic hydroxyl groups is 1. The van der Waals surface area contributed by atoms with Gasteiger partial charge in [-0.25, -0.2) is 8.42 Å². The van der Waals surface area contributed by atoms with E-state index in [2.05, 4.69) is 9.82 Å². The summed E-state index contributed by atoms with van der Waals surface area (Å²) in [6, 6.07) is 5.95. The molecule has 6 nitrogen and oxygen atoms in total. The van der Waals surface area contributed by atoms with Gasteiger partial charge in [0.15, 0.2) is 0 Å². The van der Waals surface area contributed by atoms with Crippen LogP contribution in [0, 0.1) is 13.8 Å². The smallest absolute Gasteiger partial charge is 0.265 e. The summed E-state index contributed by atoms with van der Waals surface area (Å²) in [6.45, 7) is 3.33. The van der Waals surface area contributed by atoms with E-state index in [0.717, 1.165) is 0 Å². The Balaban J connectivity index is 2.44. The molecule has 2 aromatic rings. The highest BCUT2D eigenvalue weighted by Gasteiger charge is 2.23. The number of hydrogen-bond acceptors (Lipinski definition) is 4. The van der Waals surface area contributed by atoms with E-state index in [1.807, 2.05) is 0 Å². The van der Waals surface area contributed by atoms with Gasteiger partial charge >= 0.3 is 0 Å². The minimum Gasteiger partial charge on any atom is -0.508 e. The molecular formula is C12H15N3O3S. The first kappa shape index (κ1) is 13.4. The van der Waals surface area contributed by atoms with Crippen LogP contribution in [0.3, 0.4) is 0 Å². The minimum atomic E-state index is -3.72. The van der Waals surface area contributed by atoms with Gasteiger partial charge in [0, 0.05) is 13.1 Å². The molecule has 0 spiro atoms. The zero-order chi connectivity index (χ0) is 14.2. The average Bonchev–Trinajstić information content (AvgIpc) is 2.52. The van der Waals surface area contributed by atoms with Gasteiger partial charge in [0.25, 0.3) is 10.0 Å². The molecule has 0 saturated carbocycles. The lowest BCUT2D eigenvalue weighted by Gasteiger charge is -2.08. The van der Waals surface area contributed by atoms with E-state index < -0.39 is 10.0 Å². The maximum Gasteiger partial charge on any atom is 0.265 e. The third-order valence-electron chi connectivity index (χ3n) is 2.81. The van der Waals surface area contributed by atoms with Gasteiger partial charge in [-0.3, -0.25) is 9.40 Å². The Labute approximate surface area is 111 Å². The molecule has 1 aromatic heterocycles. The van der Waals surface area contributed by atoms with Crippen molar-refractivity contribution in [2.45, 2.75) is 18.7 Å². The molecule has 0 aliphatic rings. The van der Waals surface area contributed by atoms with Gasteiger partial charge in [-0.1, -0.05) is 6.07 Å². The molecule has 0 bridgehead atoms. The van der Waals surface area contributed by atoms with Crippen molar-refractivity contribution in [3.8, 4) is 5.75 Å². The number of aromatic nitrogens is 2. The first-order chi connectivity index (χ1) is 8.81. The summed E-state index contributed by atoms with van der Waals surface area (Å²) < 4.78 is 28.6. The van der Waals surface area contributed by atoms with Gasteiger partial charge in [-0.15, -0.1) is 0 Å². The average molecular weight is 281 g/mol. The number of phenolic OH excluding ortho intramolecular Hbond substituents is 1. The van der Waals surface area contributed by atoms with E-state index in [1.165, 1.54) is 16.8 Å². The number of sulfonamides is 1. The van der Waals surface area contributed by atoms with Crippen LogP contribution in [0.5, 0.6) is 5.75 Å². The third kappa shape index (κ3) is 2.55. The number of phenols is 1. The molecule has 0 fully saturated rings. The SMILES string of the molecule is Cc1nn(C)c(C)c1S(=O)(=O)Nc1cccc(O)c1. The topological polar surface area (TPSA) is 84.2 Å². The van der Waals surface area contributed by atoms with Gasteiger partial charge in [-0.2, -0.15) is 5.10 Å². The summed E-state index contributed by atoms with van der Waals surface area (Å²) in [4.78, 5) is 0.165. The maximum atomic E-state index is 12.3. The highest BCUT2D eigenvalue weighted by molar-refractivity contribution is 7.92. The third-order valence-corrected chi connectivity index (χ3v) is 4.44. The number of rotatable bonds is 3. The molecule has 0 radical (unpaired) electrons. The van der Waals surface area contributed by atoms with Crippen LogP contribution < -0.4 is 4.72 Å². The second-order valence-electron chi connectivity index (χ2n) is 4.28. The Kier molecular flexibility index (Phi) is 3.23. The van der Waals surface area contributed by atoms with Crippen LogP contribution in [0.15, 0.2) is 29.2 Å². The molecule has 0 saturated heterocycles. The molecular weight excluding hydrogens is 266 g/mol. The van der Waals surface area contributed by atoms with Crippen LogP contribution in [-0.2, 0) is 17.1 Å². The molecule has 7 heteroatoms. The number of nitrogens with zero attached hydrogens (tertiary/aromatic N) is 2. The summed E-state index contributed by atoms with van der Waals surface area (Å²) in [7, 11) is -2.02. The van der Waals surface area contributed by atoms with E-state index in [-0.39, 0.29) is 10.6 Å². The van der Waals surface area contributed by atoms with Crippen molar-refractivity contribution >= 4 is 15.7 Å². The fraction of sp³-hybridized carbons (Fsp3) is 0.250. The summed E-state index contributed by atoms with van der Waals surface area (Å²) in [5.41, 5.74) is 1.31. The monoisotopic (exact) mass is 281 g/mol. The van der Waals surface area contributed by atoms with Crippen molar-refractivity contribution in [2.75, 3.05) is 4.72 Å². The standard InChI is InChI=1S/C12H15N3O3S/c1-8-12(9(2)15(3)13-8)19(17,18)14-10-5-4-6-11(16)7-10/h4-7,14,16H,1-3H3. The van der Waals surface area contributed by atoms with Gasteiger partial charge in [0.1, 0.15) is 10.6 Å². The zero-order valence-electron chi connectivity index (χ0n) is 10.9. The number of anilines is 1. The fourth-order valence-corrected chi connectivity index (χ4v) is 3.41. The second kappa shape index (κ2) is 4.58. The van der Waals surface area contributed by atoms with Crippen LogP contribution in [0.1, 0.15) is 11.4 Å². The maximum absolute atomic E-state index is 12.3. The van der Waals surface area contributed by atoms with Gasteiger partial charge in [0.05, 0.1) is 17.1 Å². The first-order valence-electron chi connectivity index (χ1n) is 5.63. The van der Waals surface area contributed by atoms with E-state index in [4.69, 9.17) is 0 Å². The summed E-state index contributed by atoms with van der Waals surface area (Å²) >= 11 is 0. The first-order valence-corrected chi connectivity index (χ1v) is 7.11. The highest BCUT2D eigenvalue weighted by Crippen LogP contribution is 2.23. The molecule has 0 aliphatic heterocycles. The molecule has 102 valence electrons. The Morgan fingerprint density at radius 1 is 1.32 bits per heavy atom. The van der Waals surface area contributed by atoms with E-state index >= 15 is 0 Å². The van der Waals surface area contributed by atoms with Crippen molar-refractivity contribution in [3.63, 3.8) is 0 Å². The summed E-state index contributed by atoms with van der Waals surface area (Å²) in [5, 5.41) is 13.4. The number of benzene rings is 1. The highest BCUT2D eigenvalue weighted by atomic mass is 32.2. The molecule has 0 unspecified atom stereocenters. The lowest BCUT2D eigenvalue weighted by atomic mass is 10.3. The molecule has 19 heavy (non-hydrogen) atoms. The molecule has 2 rings (SSSR count). The van der Waals surface area contributed by atoms with Crippen LogP contribution in [-0.4, -0.2) is 23.3 Å². The minimum absolute atomic E-state index is 0.000157. The molecule has 1 aromatic carbocycles. The van der Waals surface area contributed by atoms with Crippen molar-refractivity contribution < 1.29 is 13.5 Å². The van der Waals surface area contributed by atoms with Crippen molar-refractivity contribution in [2.24, 2.45) is 7.05 Å². The van der Waals surface area contributed by atoms with Crippen LogP contribution in [0.25, 0.3) is 0 Å². The Morgan fingerprint density at radius 2 is 2.00 bits per heavy atom. The van der Waals surface area contributed by atoms with Gasteiger partial charge < -0.3 is 5.11 Å². The predicted octanol–water partition coefficient (Wildman–Crippen LogP) is 1.54. The predicted molar refractivity (Wildman–Crippen MR) is 71.6 cm³/mol. The number of hydrogen-bond donors (Lipinski definition) is 2.